The van der Waals surface area contributed by atoms with Gasteiger partial charge in [-0.05, 0) is 64.5 Å². The third kappa shape index (κ3) is 3.38. The van der Waals surface area contributed by atoms with E-state index in [-0.39, 0.29) is 12.3 Å². The van der Waals surface area contributed by atoms with Crippen LogP contribution in [0.2, 0.25) is 0 Å². The van der Waals surface area contributed by atoms with Gasteiger partial charge in [-0.3, -0.25) is 0 Å². The summed E-state index contributed by atoms with van der Waals surface area (Å²) in [6.45, 7) is 4.76. The van der Waals surface area contributed by atoms with Gasteiger partial charge in [0.25, 0.3) is 0 Å². The zero-order valence-electron chi connectivity index (χ0n) is 27.4. The standard InChI is InChI=1S/C45H32BN3/c1-45(2)33-20-8-12-25-39(33)49(44-34(45)27-28-41-42(44)32-18-7-11-24-38(32)47(41)29-15-4-3-5-16-29)46-35-21-9-13-26-40(35)48-37-23-10-6-17-30(37)31-19-14-22-36(46)43(31)48/h3-28H,1-2H3. The highest BCUT2D eigenvalue weighted by atomic mass is 15.1. The molecule has 49 heavy (non-hydrogen) atoms. The lowest BCUT2D eigenvalue weighted by molar-refractivity contribution is 0.635. The highest BCUT2D eigenvalue weighted by Crippen LogP contribution is 2.54. The van der Waals surface area contributed by atoms with Crippen LogP contribution in [0.25, 0.3) is 55.0 Å². The largest absolute Gasteiger partial charge is 0.376 e. The van der Waals surface area contributed by atoms with E-state index in [9.17, 15) is 0 Å². The molecule has 4 heteroatoms. The SMILES string of the molecule is CC1(C)c2ccccc2N(B2c3ccccc3-n3c4ccccc4c4cccc2c43)c2c1ccc1c2c2ccccc2n1-c1ccccc1. The van der Waals surface area contributed by atoms with E-state index in [1.54, 1.807) is 0 Å². The maximum Gasteiger partial charge on any atom is 0.332 e. The van der Waals surface area contributed by atoms with E-state index < -0.39 is 0 Å². The van der Waals surface area contributed by atoms with Crippen LogP contribution < -0.4 is 15.7 Å². The molecule has 0 amide bonds. The van der Waals surface area contributed by atoms with Crippen molar-refractivity contribution in [3.8, 4) is 11.4 Å². The van der Waals surface area contributed by atoms with E-state index in [1.165, 1.54) is 88.4 Å². The second-order valence-corrected chi connectivity index (χ2v) is 14.1. The second kappa shape index (κ2) is 9.55. The van der Waals surface area contributed by atoms with Crippen LogP contribution in [0.3, 0.4) is 0 Å². The number of nitrogens with zero attached hydrogens (tertiary/aromatic N) is 3. The van der Waals surface area contributed by atoms with Crippen molar-refractivity contribution >= 4 is 72.8 Å². The maximum absolute atomic E-state index is 2.70. The maximum atomic E-state index is 2.70. The van der Waals surface area contributed by atoms with Crippen LogP contribution in [0.1, 0.15) is 25.0 Å². The first-order chi connectivity index (χ1) is 24.1. The fourth-order valence-corrected chi connectivity index (χ4v) is 9.28. The average Bonchev–Trinajstić information content (AvgIpc) is 3.67. The van der Waals surface area contributed by atoms with Crippen molar-refractivity contribution in [1.82, 2.24) is 9.13 Å². The lowest BCUT2D eigenvalue weighted by Gasteiger charge is -2.46. The van der Waals surface area contributed by atoms with Gasteiger partial charge in [0.15, 0.2) is 0 Å². The monoisotopic (exact) mass is 625 g/mol. The van der Waals surface area contributed by atoms with Gasteiger partial charge >= 0.3 is 6.85 Å². The molecule has 0 atom stereocenters. The molecule has 0 fully saturated rings. The quantitative estimate of drug-likeness (QED) is 0.174. The molecule has 0 saturated heterocycles. The van der Waals surface area contributed by atoms with Gasteiger partial charge in [0.1, 0.15) is 0 Å². The van der Waals surface area contributed by atoms with Crippen LogP contribution in [0.5, 0.6) is 0 Å². The van der Waals surface area contributed by atoms with Crippen LogP contribution in [-0.4, -0.2) is 16.0 Å². The molecule has 4 heterocycles. The first-order valence-electron chi connectivity index (χ1n) is 17.2. The topological polar surface area (TPSA) is 13.1 Å². The number of fused-ring (bicyclic) bond motifs is 11. The van der Waals surface area contributed by atoms with Crippen molar-refractivity contribution < 1.29 is 0 Å². The summed E-state index contributed by atoms with van der Waals surface area (Å²) >= 11 is 0. The Morgan fingerprint density at radius 3 is 1.92 bits per heavy atom. The van der Waals surface area contributed by atoms with Crippen LogP contribution >= 0.6 is 0 Å². The molecular weight excluding hydrogens is 593 g/mol. The van der Waals surface area contributed by atoms with E-state index >= 15 is 0 Å². The summed E-state index contributed by atoms with van der Waals surface area (Å²) in [7, 11) is 0. The molecule has 0 bridgehead atoms. The zero-order valence-corrected chi connectivity index (χ0v) is 27.4. The van der Waals surface area contributed by atoms with Gasteiger partial charge in [-0.25, -0.2) is 0 Å². The first kappa shape index (κ1) is 27.0. The van der Waals surface area contributed by atoms with Crippen LogP contribution in [0.15, 0.2) is 158 Å². The Morgan fingerprint density at radius 1 is 0.449 bits per heavy atom. The molecule has 11 rings (SSSR count). The predicted octanol–water partition coefficient (Wildman–Crippen LogP) is 9.78. The summed E-state index contributed by atoms with van der Waals surface area (Å²) in [4.78, 5) is 2.70. The molecule has 0 unspecified atom stereocenters. The minimum absolute atomic E-state index is 0.0443. The Morgan fingerprint density at radius 2 is 1.08 bits per heavy atom. The van der Waals surface area contributed by atoms with E-state index in [4.69, 9.17) is 0 Å². The Labute approximate surface area is 285 Å². The fraction of sp³-hybridized carbons (Fsp3) is 0.0667. The van der Waals surface area contributed by atoms with Crippen LogP contribution in [0.4, 0.5) is 11.4 Å². The number of benzene rings is 7. The number of para-hydroxylation sites is 6. The molecule has 9 aromatic rings. The minimum Gasteiger partial charge on any atom is -0.376 e. The van der Waals surface area contributed by atoms with E-state index in [1.807, 2.05) is 0 Å². The molecule has 230 valence electrons. The Bertz CT molecular complexity index is 2820. The molecular formula is C45H32BN3. The van der Waals surface area contributed by atoms with Crippen molar-refractivity contribution in [2.24, 2.45) is 0 Å². The Kier molecular flexibility index (Phi) is 5.26. The average molecular weight is 626 g/mol. The highest BCUT2D eigenvalue weighted by Gasteiger charge is 2.45. The van der Waals surface area contributed by atoms with Crippen molar-refractivity contribution in [2.75, 3.05) is 4.81 Å². The number of aromatic nitrogens is 2. The van der Waals surface area contributed by atoms with Crippen LogP contribution in [0, 0.1) is 0 Å². The predicted molar refractivity (Wildman–Crippen MR) is 207 cm³/mol. The van der Waals surface area contributed by atoms with Crippen LogP contribution in [-0.2, 0) is 5.41 Å². The van der Waals surface area contributed by atoms with Gasteiger partial charge in [-0.15, -0.1) is 0 Å². The summed E-state index contributed by atoms with van der Waals surface area (Å²) in [6, 6.07) is 58.5. The molecule has 0 N–H and O–H groups in total. The van der Waals surface area contributed by atoms with Gasteiger partial charge in [0, 0.05) is 49.7 Å². The van der Waals surface area contributed by atoms with Gasteiger partial charge in [-0.2, -0.15) is 0 Å². The minimum atomic E-state index is -0.207. The van der Waals surface area contributed by atoms with E-state index in [0.717, 1.165) is 0 Å². The van der Waals surface area contributed by atoms with Gasteiger partial charge < -0.3 is 13.9 Å². The summed E-state index contributed by atoms with van der Waals surface area (Å²) in [5.41, 5.74) is 15.1. The fourth-order valence-electron chi connectivity index (χ4n) is 9.28. The number of rotatable bonds is 2. The molecule has 0 radical (unpaired) electrons. The van der Waals surface area contributed by atoms with Gasteiger partial charge in [-0.1, -0.05) is 129 Å². The molecule has 2 aliphatic heterocycles. The molecule has 3 nitrogen and oxygen atoms in total. The summed E-state index contributed by atoms with van der Waals surface area (Å²) in [5.74, 6) is 0. The van der Waals surface area contributed by atoms with E-state index in [0.29, 0.717) is 0 Å². The zero-order chi connectivity index (χ0) is 32.4. The van der Waals surface area contributed by atoms with E-state index in [2.05, 4.69) is 186 Å². The lowest BCUT2D eigenvalue weighted by atomic mass is 9.46. The van der Waals surface area contributed by atoms with Crippen molar-refractivity contribution in [3.63, 3.8) is 0 Å². The highest BCUT2D eigenvalue weighted by molar-refractivity contribution is 6.92. The molecule has 2 aromatic heterocycles. The third-order valence-electron chi connectivity index (χ3n) is 11.3. The van der Waals surface area contributed by atoms with Crippen molar-refractivity contribution in [3.05, 3.63) is 169 Å². The van der Waals surface area contributed by atoms with Gasteiger partial charge in [0.2, 0.25) is 0 Å². The summed E-state index contributed by atoms with van der Waals surface area (Å²) in [6.07, 6.45) is 0. The second-order valence-electron chi connectivity index (χ2n) is 14.1. The Balaban J connectivity index is 1.33. The Hall–Kier alpha value is -6.00. The number of hydrogen-bond donors (Lipinski definition) is 0. The smallest absolute Gasteiger partial charge is 0.332 e. The molecule has 0 saturated carbocycles. The van der Waals surface area contributed by atoms with Crippen molar-refractivity contribution in [2.45, 2.75) is 19.3 Å². The summed E-state index contributed by atoms with van der Waals surface area (Å²) in [5, 5.41) is 5.17. The van der Waals surface area contributed by atoms with Gasteiger partial charge in [0.05, 0.1) is 22.1 Å². The number of hydrogen-bond acceptors (Lipinski definition) is 1. The molecule has 7 aromatic carbocycles. The first-order valence-corrected chi connectivity index (χ1v) is 17.2. The molecule has 0 spiro atoms. The lowest BCUT2D eigenvalue weighted by Crippen LogP contribution is -2.59. The molecule has 0 aliphatic carbocycles. The summed E-state index contributed by atoms with van der Waals surface area (Å²) < 4.78 is 4.96. The normalized spacial score (nSPS) is 14.4. The third-order valence-corrected chi connectivity index (χ3v) is 11.3. The molecule has 2 aliphatic rings. The van der Waals surface area contributed by atoms with Crippen molar-refractivity contribution in [1.29, 1.82) is 0 Å². The number of anilines is 2.